The van der Waals surface area contributed by atoms with Crippen molar-refractivity contribution in [3.05, 3.63) is 27.7 Å². The first-order valence-electron chi connectivity index (χ1n) is 4.77. The Hall–Kier alpha value is -1.07. The number of ether oxygens (including phenoxy) is 1. The fourth-order valence-corrected chi connectivity index (χ4v) is 2.14. The van der Waals surface area contributed by atoms with Gasteiger partial charge < -0.3 is 15.6 Å². The van der Waals surface area contributed by atoms with E-state index >= 15 is 0 Å². The highest BCUT2D eigenvalue weighted by molar-refractivity contribution is 9.10. The zero-order chi connectivity index (χ0) is 12.3. The van der Waals surface area contributed by atoms with Crippen molar-refractivity contribution >= 4 is 21.9 Å². The Kier molecular flexibility index (Phi) is 4.32. The Morgan fingerprint density at radius 1 is 1.62 bits per heavy atom. The first kappa shape index (κ1) is 13.0. The topological polar surface area (TPSA) is 72.5 Å². The quantitative estimate of drug-likeness (QED) is 0.891. The van der Waals surface area contributed by atoms with Crippen molar-refractivity contribution in [2.24, 2.45) is 5.73 Å². The molecule has 0 aliphatic rings. The second-order valence-corrected chi connectivity index (χ2v) is 4.40. The molecule has 1 unspecified atom stereocenters. The zero-order valence-corrected chi connectivity index (χ0v) is 10.7. The van der Waals surface area contributed by atoms with Gasteiger partial charge in [0.1, 0.15) is 5.75 Å². The van der Waals surface area contributed by atoms with E-state index in [9.17, 15) is 4.79 Å². The van der Waals surface area contributed by atoms with Gasteiger partial charge in [0.15, 0.2) is 0 Å². The molecule has 0 aliphatic heterocycles. The van der Waals surface area contributed by atoms with E-state index in [1.165, 1.54) is 0 Å². The molecule has 1 rings (SSSR count). The third-order valence-corrected chi connectivity index (χ3v) is 2.95. The molecule has 0 aliphatic carbocycles. The highest BCUT2D eigenvalue weighted by Crippen LogP contribution is 2.31. The maximum Gasteiger partial charge on any atom is 0.305 e. The normalized spacial score (nSPS) is 12.2. The van der Waals surface area contributed by atoms with Crippen molar-refractivity contribution in [3.8, 4) is 5.75 Å². The zero-order valence-electron chi connectivity index (χ0n) is 9.16. The highest BCUT2D eigenvalue weighted by atomic mass is 79.9. The molecule has 4 nitrogen and oxygen atoms in total. The van der Waals surface area contributed by atoms with Crippen LogP contribution in [0.4, 0.5) is 0 Å². The van der Waals surface area contributed by atoms with Gasteiger partial charge >= 0.3 is 5.97 Å². The Morgan fingerprint density at radius 3 is 2.75 bits per heavy atom. The monoisotopic (exact) mass is 287 g/mol. The minimum Gasteiger partial charge on any atom is -0.496 e. The van der Waals surface area contributed by atoms with Gasteiger partial charge in [-0.05, 0) is 46.1 Å². The second-order valence-electron chi connectivity index (χ2n) is 3.55. The number of halogens is 1. The maximum absolute atomic E-state index is 10.6. The number of rotatable bonds is 4. The molecule has 0 spiro atoms. The third kappa shape index (κ3) is 2.96. The number of nitrogens with two attached hydrogens (primary N) is 1. The molecule has 0 radical (unpaired) electrons. The lowest BCUT2D eigenvalue weighted by Crippen LogP contribution is -2.16. The van der Waals surface area contributed by atoms with Gasteiger partial charge in [0, 0.05) is 6.04 Å². The number of carboxylic acid groups (broad SMARTS) is 1. The van der Waals surface area contributed by atoms with E-state index in [4.69, 9.17) is 15.6 Å². The lowest BCUT2D eigenvalue weighted by atomic mass is 9.99. The SMILES string of the molecule is COc1cc(C(N)CC(=O)O)c(C)cc1Br. The van der Waals surface area contributed by atoms with Crippen molar-refractivity contribution in [1.29, 1.82) is 0 Å². The standard InChI is InChI=1S/C11H14BrNO3/c1-6-3-8(12)10(16-2)4-7(6)9(13)5-11(14)15/h3-4,9H,5,13H2,1-2H3,(H,14,15). The van der Waals surface area contributed by atoms with Crippen LogP contribution in [0.2, 0.25) is 0 Å². The number of hydrogen-bond donors (Lipinski definition) is 2. The fraction of sp³-hybridized carbons (Fsp3) is 0.364. The molecule has 1 aromatic carbocycles. The van der Waals surface area contributed by atoms with Gasteiger partial charge in [0.25, 0.3) is 0 Å². The lowest BCUT2D eigenvalue weighted by Gasteiger charge is -2.15. The van der Waals surface area contributed by atoms with Crippen molar-refractivity contribution in [3.63, 3.8) is 0 Å². The first-order valence-corrected chi connectivity index (χ1v) is 5.56. The predicted octanol–water partition coefficient (Wildman–Crippen LogP) is 2.24. The molecule has 0 fully saturated rings. The molecule has 1 aromatic rings. The molecule has 3 N–H and O–H groups in total. The molecule has 0 heterocycles. The van der Waals surface area contributed by atoms with Gasteiger partial charge in [0.2, 0.25) is 0 Å². The van der Waals surface area contributed by atoms with E-state index in [0.29, 0.717) is 5.75 Å². The van der Waals surface area contributed by atoms with Crippen LogP contribution in [0.1, 0.15) is 23.6 Å². The summed E-state index contributed by atoms with van der Waals surface area (Å²) in [5.74, 6) is -0.254. The smallest absolute Gasteiger partial charge is 0.305 e. The minimum atomic E-state index is -0.909. The van der Waals surface area contributed by atoms with Crippen molar-refractivity contribution < 1.29 is 14.6 Å². The average Bonchev–Trinajstić information content (AvgIpc) is 2.16. The molecule has 0 saturated heterocycles. The van der Waals surface area contributed by atoms with Crippen LogP contribution >= 0.6 is 15.9 Å². The molecular weight excluding hydrogens is 274 g/mol. The number of carbonyl (C=O) groups is 1. The summed E-state index contributed by atoms with van der Waals surface area (Å²) in [5, 5.41) is 8.70. The van der Waals surface area contributed by atoms with Gasteiger partial charge in [-0.2, -0.15) is 0 Å². The van der Waals surface area contributed by atoms with Gasteiger partial charge in [-0.25, -0.2) is 0 Å². The average molecular weight is 288 g/mol. The Balaban J connectivity index is 3.08. The van der Waals surface area contributed by atoms with Gasteiger partial charge in [-0.1, -0.05) is 0 Å². The molecule has 0 amide bonds. The highest BCUT2D eigenvalue weighted by Gasteiger charge is 2.15. The van der Waals surface area contributed by atoms with E-state index in [1.807, 2.05) is 13.0 Å². The summed E-state index contributed by atoms with van der Waals surface area (Å²) < 4.78 is 5.98. The molecule has 16 heavy (non-hydrogen) atoms. The van der Waals surface area contributed by atoms with Crippen LogP contribution in [-0.2, 0) is 4.79 Å². The van der Waals surface area contributed by atoms with Crippen molar-refractivity contribution in [2.45, 2.75) is 19.4 Å². The van der Waals surface area contributed by atoms with Crippen molar-refractivity contribution in [2.75, 3.05) is 7.11 Å². The molecule has 1 atom stereocenters. The van der Waals surface area contributed by atoms with Crippen LogP contribution < -0.4 is 10.5 Å². The summed E-state index contributed by atoms with van der Waals surface area (Å²) in [6, 6.07) is 3.13. The maximum atomic E-state index is 10.6. The predicted molar refractivity (Wildman–Crippen MR) is 64.6 cm³/mol. The number of carboxylic acids is 1. The summed E-state index contributed by atoms with van der Waals surface area (Å²) >= 11 is 3.36. The largest absolute Gasteiger partial charge is 0.496 e. The lowest BCUT2D eigenvalue weighted by molar-refractivity contribution is -0.137. The summed E-state index contributed by atoms with van der Waals surface area (Å²) in [6.45, 7) is 1.89. The van der Waals surface area contributed by atoms with Crippen molar-refractivity contribution in [1.82, 2.24) is 0 Å². The third-order valence-electron chi connectivity index (χ3n) is 2.33. The number of aliphatic carboxylic acids is 1. The van der Waals surface area contributed by atoms with Crippen LogP contribution in [0.15, 0.2) is 16.6 Å². The first-order chi connectivity index (χ1) is 7.45. The molecule has 0 saturated carbocycles. The van der Waals surface area contributed by atoms with Crippen LogP contribution in [-0.4, -0.2) is 18.2 Å². The molecule has 5 heteroatoms. The minimum absolute atomic E-state index is 0.0916. The number of benzene rings is 1. The van der Waals surface area contributed by atoms with Gasteiger partial charge in [-0.3, -0.25) is 4.79 Å². The Bertz CT molecular complexity index is 406. The van der Waals surface area contributed by atoms with E-state index in [2.05, 4.69) is 15.9 Å². The summed E-state index contributed by atoms with van der Waals surface area (Å²) in [5.41, 5.74) is 7.56. The number of aryl methyl sites for hydroxylation is 1. The van der Waals surface area contributed by atoms with Crippen LogP contribution in [0.3, 0.4) is 0 Å². The molecule has 88 valence electrons. The summed E-state index contributed by atoms with van der Waals surface area (Å²) in [6.07, 6.45) is -0.0916. The number of hydrogen-bond acceptors (Lipinski definition) is 3. The second kappa shape index (κ2) is 5.32. The molecular formula is C11H14BrNO3. The fourth-order valence-electron chi connectivity index (χ4n) is 1.52. The van der Waals surface area contributed by atoms with Gasteiger partial charge in [0.05, 0.1) is 18.0 Å². The molecule has 0 bridgehead atoms. The van der Waals surface area contributed by atoms with E-state index in [1.54, 1.807) is 13.2 Å². The number of methoxy groups -OCH3 is 1. The Labute approximate surface area is 103 Å². The van der Waals surface area contributed by atoms with Crippen LogP contribution in [0, 0.1) is 6.92 Å². The Morgan fingerprint density at radius 2 is 2.25 bits per heavy atom. The van der Waals surface area contributed by atoms with Gasteiger partial charge in [-0.15, -0.1) is 0 Å². The van der Waals surface area contributed by atoms with E-state index < -0.39 is 12.0 Å². The van der Waals surface area contributed by atoms with E-state index in [0.717, 1.165) is 15.6 Å². The van der Waals surface area contributed by atoms with Crippen LogP contribution in [0.25, 0.3) is 0 Å². The van der Waals surface area contributed by atoms with E-state index in [-0.39, 0.29) is 6.42 Å². The summed E-state index contributed by atoms with van der Waals surface area (Å²) in [4.78, 5) is 10.6. The van der Waals surface area contributed by atoms with Crippen LogP contribution in [0.5, 0.6) is 5.75 Å². The molecule has 0 aromatic heterocycles. The summed E-state index contributed by atoms with van der Waals surface area (Å²) in [7, 11) is 1.56.